The zero-order valence-electron chi connectivity index (χ0n) is 11.4. The van der Waals surface area contributed by atoms with Gasteiger partial charge in [0.15, 0.2) is 5.72 Å². The Bertz CT molecular complexity index is 680. The maximum Gasteiger partial charge on any atom is 0.195 e. The van der Waals surface area contributed by atoms with E-state index in [0.717, 1.165) is 24.5 Å². The highest BCUT2D eigenvalue weighted by Crippen LogP contribution is 2.46. The number of methoxy groups -OCH3 is 1. The Kier molecular flexibility index (Phi) is 2.44. The summed E-state index contributed by atoms with van der Waals surface area (Å²) < 4.78 is 6.07. The van der Waals surface area contributed by atoms with Crippen LogP contribution in [0.2, 0.25) is 0 Å². The smallest absolute Gasteiger partial charge is 0.195 e. The minimum absolute atomic E-state index is 0.535. The van der Waals surface area contributed by atoms with Crippen molar-refractivity contribution in [2.24, 2.45) is 4.99 Å². The molecule has 0 N–H and O–H groups in total. The van der Waals surface area contributed by atoms with Crippen molar-refractivity contribution < 1.29 is 4.74 Å². The predicted molar refractivity (Wildman–Crippen MR) is 78.8 cm³/mol. The van der Waals surface area contributed by atoms with Gasteiger partial charge in [-0.15, -0.1) is 0 Å². The van der Waals surface area contributed by atoms with Gasteiger partial charge in [0, 0.05) is 30.3 Å². The van der Waals surface area contributed by atoms with E-state index in [2.05, 4.69) is 58.4 Å². The first kappa shape index (κ1) is 11.7. The largest absolute Gasteiger partial charge is 0.350 e. The van der Waals surface area contributed by atoms with Crippen LogP contribution < -0.4 is 0 Å². The molecule has 0 saturated carbocycles. The third kappa shape index (κ3) is 1.30. The second-order valence-electron chi connectivity index (χ2n) is 5.12. The number of aliphatic imine (C=N–C) groups is 1. The van der Waals surface area contributed by atoms with Crippen molar-refractivity contribution in [1.82, 2.24) is 4.90 Å². The maximum atomic E-state index is 6.07. The Morgan fingerprint density at radius 3 is 2.60 bits per heavy atom. The summed E-state index contributed by atoms with van der Waals surface area (Å²) in [6, 6.07) is 18.8. The zero-order chi connectivity index (χ0) is 13.6. The number of ether oxygens (including phenoxy) is 1. The molecule has 1 atom stereocenters. The van der Waals surface area contributed by atoms with Crippen molar-refractivity contribution in [3.8, 4) is 0 Å². The molecule has 0 aliphatic carbocycles. The second kappa shape index (κ2) is 4.18. The van der Waals surface area contributed by atoms with Gasteiger partial charge in [-0.3, -0.25) is 4.99 Å². The van der Waals surface area contributed by atoms with Crippen LogP contribution in [0.5, 0.6) is 0 Å². The van der Waals surface area contributed by atoms with Gasteiger partial charge in [0.2, 0.25) is 0 Å². The molecule has 0 fully saturated rings. The van der Waals surface area contributed by atoms with E-state index in [1.54, 1.807) is 7.11 Å². The first-order chi connectivity index (χ1) is 9.88. The number of hydrogen-bond acceptors (Lipinski definition) is 3. The molecule has 0 radical (unpaired) electrons. The molecule has 1 unspecified atom stereocenters. The number of hydrogen-bond donors (Lipinski definition) is 0. The summed E-state index contributed by atoms with van der Waals surface area (Å²) in [6.45, 7) is 1.73. The molecule has 20 heavy (non-hydrogen) atoms. The van der Waals surface area contributed by atoms with Crippen LogP contribution in [0, 0.1) is 0 Å². The van der Waals surface area contributed by atoms with E-state index in [1.165, 1.54) is 11.1 Å². The summed E-state index contributed by atoms with van der Waals surface area (Å²) in [5, 5.41) is 0. The third-order valence-corrected chi connectivity index (χ3v) is 4.21. The standard InChI is InChI=1S/C17H16N2O/c1-20-17(13-7-3-2-4-8-13)15-10-6-5-9-14(15)16-18-11-12-19(16)17/h2-10H,11-12H2,1H3. The Morgan fingerprint density at radius 1 is 1.05 bits per heavy atom. The molecule has 2 aromatic carbocycles. The minimum atomic E-state index is -0.535. The van der Waals surface area contributed by atoms with Crippen molar-refractivity contribution >= 4 is 5.84 Å². The molecule has 0 saturated heterocycles. The summed E-state index contributed by atoms with van der Waals surface area (Å²) in [5.41, 5.74) is 3.00. The molecular formula is C17H16N2O. The van der Waals surface area contributed by atoms with Gasteiger partial charge in [-0.25, -0.2) is 0 Å². The van der Waals surface area contributed by atoms with Crippen molar-refractivity contribution in [2.45, 2.75) is 5.72 Å². The quantitative estimate of drug-likeness (QED) is 0.833. The molecule has 3 nitrogen and oxygen atoms in total. The van der Waals surface area contributed by atoms with Gasteiger partial charge in [0.05, 0.1) is 6.54 Å². The van der Waals surface area contributed by atoms with Gasteiger partial charge >= 0.3 is 0 Å². The van der Waals surface area contributed by atoms with Crippen LogP contribution in [0.15, 0.2) is 59.6 Å². The number of rotatable bonds is 2. The fourth-order valence-electron chi connectivity index (χ4n) is 3.42. The molecule has 2 aliphatic heterocycles. The van der Waals surface area contributed by atoms with Crippen LogP contribution in [0.4, 0.5) is 0 Å². The molecule has 3 heteroatoms. The maximum absolute atomic E-state index is 6.07. The molecule has 2 aromatic rings. The average molecular weight is 264 g/mol. The molecular weight excluding hydrogens is 248 g/mol. The fourth-order valence-corrected chi connectivity index (χ4v) is 3.42. The predicted octanol–water partition coefficient (Wildman–Crippen LogP) is 2.61. The van der Waals surface area contributed by atoms with Gasteiger partial charge in [-0.05, 0) is 0 Å². The SMILES string of the molecule is COC1(c2ccccc2)c2ccccc2C2=NCCN21. The Morgan fingerprint density at radius 2 is 1.80 bits per heavy atom. The molecule has 0 amide bonds. The van der Waals surface area contributed by atoms with Gasteiger partial charge in [-0.1, -0.05) is 54.6 Å². The van der Waals surface area contributed by atoms with Gasteiger partial charge in [0.1, 0.15) is 5.84 Å². The first-order valence-electron chi connectivity index (χ1n) is 6.90. The lowest BCUT2D eigenvalue weighted by Gasteiger charge is -2.37. The van der Waals surface area contributed by atoms with Gasteiger partial charge in [0.25, 0.3) is 0 Å². The first-order valence-corrected chi connectivity index (χ1v) is 6.90. The van der Waals surface area contributed by atoms with Crippen molar-refractivity contribution in [3.05, 3.63) is 71.3 Å². The summed E-state index contributed by atoms with van der Waals surface area (Å²) >= 11 is 0. The fraction of sp³-hybridized carbons (Fsp3) is 0.235. The Balaban J connectivity index is 2.03. The van der Waals surface area contributed by atoms with Crippen molar-refractivity contribution in [1.29, 1.82) is 0 Å². The van der Waals surface area contributed by atoms with Crippen molar-refractivity contribution in [3.63, 3.8) is 0 Å². The van der Waals surface area contributed by atoms with E-state index in [9.17, 15) is 0 Å². The van der Waals surface area contributed by atoms with Crippen molar-refractivity contribution in [2.75, 3.05) is 20.2 Å². The summed E-state index contributed by atoms with van der Waals surface area (Å²) in [5.74, 6) is 1.06. The summed E-state index contributed by atoms with van der Waals surface area (Å²) in [7, 11) is 1.78. The van der Waals surface area contributed by atoms with E-state index >= 15 is 0 Å². The topological polar surface area (TPSA) is 24.8 Å². The highest BCUT2D eigenvalue weighted by Gasteiger charge is 2.51. The number of fused-ring (bicyclic) bond motifs is 3. The van der Waals surface area contributed by atoms with E-state index in [1.807, 2.05) is 6.07 Å². The number of benzene rings is 2. The van der Waals surface area contributed by atoms with Crippen LogP contribution in [-0.2, 0) is 10.5 Å². The van der Waals surface area contributed by atoms with Crippen LogP contribution >= 0.6 is 0 Å². The van der Waals surface area contributed by atoms with Gasteiger partial charge < -0.3 is 9.64 Å². The lowest BCUT2D eigenvalue weighted by atomic mass is 9.93. The highest BCUT2D eigenvalue weighted by molar-refractivity contribution is 6.05. The van der Waals surface area contributed by atoms with E-state index in [-0.39, 0.29) is 0 Å². The summed E-state index contributed by atoms with van der Waals surface area (Å²) in [6.07, 6.45) is 0. The van der Waals surface area contributed by atoms with Crippen LogP contribution in [-0.4, -0.2) is 30.9 Å². The lowest BCUT2D eigenvalue weighted by Crippen LogP contribution is -2.45. The second-order valence-corrected chi connectivity index (χ2v) is 5.12. The molecule has 0 aromatic heterocycles. The lowest BCUT2D eigenvalue weighted by molar-refractivity contribution is -0.0645. The molecule has 100 valence electrons. The summed E-state index contributed by atoms with van der Waals surface area (Å²) in [4.78, 5) is 6.96. The molecule has 0 spiro atoms. The van der Waals surface area contributed by atoms with Crippen LogP contribution in [0.25, 0.3) is 0 Å². The minimum Gasteiger partial charge on any atom is -0.350 e. The number of amidine groups is 1. The number of nitrogens with zero attached hydrogens (tertiary/aromatic N) is 2. The van der Waals surface area contributed by atoms with Crippen LogP contribution in [0.3, 0.4) is 0 Å². The molecule has 0 bridgehead atoms. The van der Waals surface area contributed by atoms with Crippen LogP contribution in [0.1, 0.15) is 16.7 Å². The van der Waals surface area contributed by atoms with E-state index in [0.29, 0.717) is 0 Å². The molecule has 4 rings (SSSR count). The normalized spacial score (nSPS) is 23.4. The average Bonchev–Trinajstić information content (AvgIpc) is 3.08. The monoisotopic (exact) mass is 264 g/mol. The Labute approximate surface area is 118 Å². The Hall–Kier alpha value is -2.13. The molecule has 2 aliphatic rings. The third-order valence-electron chi connectivity index (χ3n) is 4.21. The van der Waals surface area contributed by atoms with Gasteiger partial charge in [-0.2, -0.15) is 0 Å². The molecule has 2 heterocycles. The van der Waals surface area contributed by atoms with E-state index in [4.69, 9.17) is 4.74 Å². The zero-order valence-corrected chi connectivity index (χ0v) is 11.4. The highest BCUT2D eigenvalue weighted by atomic mass is 16.5. The van der Waals surface area contributed by atoms with E-state index < -0.39 is 5.72 Å².